The Bertz CT molecular complexity index is 977. The Balaban J connectivity index is 1.73. The minimum Gasteiger partial charge on any atom is -0.497 e. The molecule has 1 saturated heterocycles. The minimum atomic E-state index is -0.961. The summed E-state index contributed by atoms with van der Waals surface area (Å²) in [6, 6.07) is 11.2. The molecule has 28 heavy (non-hydrogen) atoms. The van der Waals surface area contributed by atoms with E-state index in [4.69, 9.17) is 21.7 Å². The molecule has 4 rings (SSSR count). The fourth-order valence-electron chi connectivity index (χ4n) is 4.01. The molecular weight excluding hydrogens is 374 g/mol. The number of ether oxygens (including phenoxy) is 2. The Labute approximate surface area is 169 Å². The zero-order chi connectivity index (χ0) is 20.1. The van der Waals surface area contributed by atoms with E-state index in [1.165, 1.54) is 0 Å². The van der Waals surface area contributed by atoms with Crippen molar-refractivity contribution in [2.45, 2.75) is 32.5 Å². The van der Waals surface area contributed by atoms with Gasteiger partial charge in [-0.3, -0.25) is 4.79 Å². The highest BCUT2D eigenvalue weighted by atomic mass is 32.1. The van der Waals surface area contributed by atoms with Crippen LogP contribution in [0.4, 0.5) is 5.69 Å². The third-order valence-electron chi connectivity index (χ3n) is 5.37. The summed E-state index contributed by atoms with van der Waals surface area (Å²) < 4.78 is 11.6. The van der Waals surface area contributed by atoms with E-state index < -0.39 is 11.6 Å². The highest BCUT2D eigenvalue weighted by Crippen LogP contribution is 2.46. The zero-order valence-corrected chi connectivity index (χ0v) is 17.1. The topological polar surface area (TPSA) is 71.6 Å². The van der Waals surface area contributed by atoms with Crippen molar-refractivity contribution in [3.05, 3.63) is 53.1 Å². The molecule has 3 atom stereocenters. The Morgan fingerprint density at radius 3 is 2.75 bits per heavy atom. The lowest BCUT2D eigenvalue weighted by atomic mass is 9.79. The number of fused-ring (bicyclic) bond motifs is 4. The molecule has 1 fully saturated rings. The van der Waals surface area contributed by atoms with Gasteiger partial charge in [0.15, 0.2) is 10.8 Å². The van der Waals surface area contributed by atoms with E-state index in [0.29, 0.717) is 16.6 Å². The molecule has 0 radical (unpaired) electrons. The van der Waals surface area contributed by atoms with Crippen LogP contribution in [0.1, 0.15) is 29.7 Å². The van der Waals surface area contributed by atoms with Crippen LogP contribution >= 0.6 is 12.2 Å². The average molecular weight is 398 g/mol. The van der Waals surface area contributed by atoms with E-state index in [-0.39, 0.29) is 11.9 Å². The molecule has 0 saturated carbocycles. The molecule has 6 nitrogen and oxygen atoms in total. The standard InChI is InChI=1S/C21H23N3O3S/c1-11-5-7-15(12(2)9-11)22-19(25)17-18-14-10-13(26-4)6-8-16(14)27-21(17,3)24-20(28)23-18/h5-10,17-18H,1-4H3,(H,22,25)(H2,23,24,28)/t17-,18-,21+/m1/s1. The molecule has 7 heteroatoms. The predicted octanol–water partition coefficient (Wildman–Crippen LogP) is 3.19. The first-order chi connectivity index (χ1) is 13.3. The summed E-state index contributed by atoms with van der Waals surface area (Å²) in [7, 11) is 1.61. The molecule has 2 aliphatic heterocycles. The van der Waals surface area contributed by atoms with Crippen LogP contribution in [0, 0.1) is 19.8 Å². The molecular formula is C21H23N3O3S. The predicted molar refractivity (Wildman–Crippen MR) is 112 cm³/mol. The maximum atomic E-state index is 13.3. The lowest BCUT2D eigenvalue weighted by Crippen LogP contribution is -2.70. The first kappa shape index (κ1) is 18.6. The van der Waals surface area contributed by atoms with Gasteiger partial charge in [-0.15, -0.1) is 0 Å². The van der Waals surface area contributed by atoms with Crippen molar-refractivity contribution in [3.8, 4) is 11.5 Å². The number of hydrogen-bond donors (Lipinski definition) is 3. The van der Waals surface area contributed by atoms with Crippen molar-refractivity contribution < 1.29 is 14.3 Å². The number of carbonyl (C=O) groups excluding carboxylic acids is 1. The van der Waals surface area contributed by atoms with Crippen molar-refractivity contribution in [3.63, 3.8) is 0 Å². The monoisotopic (exact) mass is 397 g/mol. The van der Waals surface area contributed by atoms with Gasteiger partial charge in [-0.25, -0.2) is 0 Å². The van der Waals surface area contributed by atoms with E-state index in [1.807, 2.05) is 57.2 Å². The van der Waals surface area contributed by atoms with Gasteiger partial charge in [0, 0.05) is 11.3 Å². The van der Waals surface area contributed by atoms with Crippen LogP contribution in [0.3, 0.4) is 0 Å². The van der Waals surface area contributed by atoms with E-state index in [9.17, 15) is 4.79 Å². The summed E-state index contributed by atoms with van der Waals surface area (Å²) in [6.45, 7) is 5.86. The second kappa shape index (κ2) is 6.67. The summed E-state index contributed by atoms with van der Waals surface area (Å²) in [4.78, 5) is 13.3. The second-order valence-corrected chi connectivity index (χ2v) is 7.88. The van der Waals surface area contributed by atoms with Gasteiger partial charge in [0.05, 0.1) is 13.2 Å². The number of rotatable bonds is 3. The summed E-state index contributed by atoms with van der Waals surface area (Å²) in [5.74, 6) is 0.715. The lowest BCUT2D eigenvalue weighted by molar-refractivity contribution is -0.132. The summed E-state index contributed by atoms with van der Waals surface area (Å²) >= 11 is 5.36. The fourth-order valence-corrected chi connectivity index (χ4v) is 4.34. The Morgan fingerprint density at radius 1 is 1.25 bits per heavy atom. The first-order valence-corrected chi connectivity index (χ1v) is 9.55. The van der Waals surface area contributed by atoms with E-state index in [1.54, 1.807) is 7.11 Å². The van der Waals surface area contributed by atoms with Crippen LogP contribution in [-0.2, 0) is 4.79 Å². The number of nitrogens with one attached hydrogen (secondary N) is 3. The van der Waals surface area contributed by atoms with Crippen molar-refractivity contribution >= 4 is 28.9 Å². The molecule has 0 aromatic heterocycles. The van der Waals surface area contributed by atoms with Gasteiger partial charge in [0.25, 0.3) is 0 Å². The van der Waals surface area contributed by atoms with Gasteiger partial charge >= 0.3 is 0 Å². The number of hydrogen-bond acceptors (Lipinski definition) is 4. The van der Waals surface area contributed by atoms with E-state index in [2.05, 4.69) is 16.0 Å². The van der Waals surface area contributed by atoms with Crippen LogP contribution in [0.5, 0.6) is 11.5 Å². The van der Waals surface area contributed by atoms with Gasteiger partial charge in [-0.05, 0) is 62.8 Å². The molecule has 2 aromatic rings. The maximum absolute atomic E-state index is 13.3. The maximum Gasteiger partial charge on any atom is 0.236 e. The summed E-state index contributed by atoms with van der Waals surface area (Å²) in [5.41, 5.74) is 2.84. The Morgan fingerprint density at radius 2 is 2.04 bits per heavy atom. The molecule has 2 heterocycles. The Kier molecular flexibility index (Phi) is 4.42. The fraction of sp³-hybridized carbons (Fsp3) is 0.333. The number of aryl methyl sites for hydroxylation is 2. The van der Waals surface area contributed by atoms with Crippen molar-refractivity contribution in [2.24, 2.45) is 5.92 Å². The van der Waals surface area contributed by atoms with Crippen LogP contribution in [0.15, 0.2) is 36.4 Å². The second-order valence-electron chi connectivity index (χ2n) is 7.47. The highest BCUT2D eigenvalue weighted by Gasteiger charge is 2.54. The number of methoxy groups -OCH3 is 1. The van der Waals surface area contributed by atoms with Gasteiger partial charge in [0.1, 0.15) is 17.4 Å². The van der Waals surface area contributed by atoms with Gasteiger partial charge in [0.2, 0.25) is 5.91 Å². The number of anilines is 1. The van der Waals surface area contributed by atoms with Crippen molar-refractivity contribution in [2.75, 3.05) is 12.4 Å². The molecule has 3 N–H and O–H groups in total. The Hall–Kier alpha value is -2.80. The SMILES string of the molecule is COc1ccc2c(c1)[C@H]1NC(=S)N[C@@](C)(O2)[C@H]1C(=O)Nc1ccc(C)cc1C. The molecule has 1 amide bonds. The van der Waals surface area contributed by atoms with Crippen molar-refractivity contribution in [1.82, 2.24) is 10.6 Å². The van der Waals surface area contributed by atoms with Gasteiger partial charge < -0.3 is 25.4 Å². The first-order valence-electron chi connectivity index (χ1n) is 9.14. The number of amides is 1. The zero-order valence-electron chi connectivity index (χ0n) is 16.3. The number of carbonyl (C=O) groups is 1. The van der Waals surface area contributed by atoms with Crippen molar-refractivity contribution in [1.29, 1.82) is 0 Å². The normalized spacial score (nSPS) is 24.9. The quantitative estimate of drug-likeness (QED) is 0.691. The molecule has 0 spiro atoms. The molecule has 0 aliphatic carbocycles. The van der Waals surface area contributed by atoms with Crippen LogP contribution in [0.25, 0.3) is 0 Å². The average Bonchev–Trinajstić information content (AvgIpc) is 2.62. The summed E-state index contributed by atoms with van der Waals surface area (Å²) in [6.07, 6.45) is 0. The van der Waals surface area contributed by atoms with Gasteiger partial charge in [-0.2, -0.15) is 0 Å². The number of thiocarbonyl (C=S) groups is 1. The smallest absolute Gasteiger partial charge is 0.236 e. The molecule has 2 aromatic carbocycles. The molecule has 146 valence electrons. The molecule has 2 bridgehead atoms. The van der Waals surface area contributed by atoms with Crippen LogP contribution in [-0.4, -0.2) is 23.9 Å². The largest absolute Gasteiger partial charge is 0.497 e. The van der Waals surface area contributed by atoms with E-state index >= 15 is 0 Å². The number of benzene rings is 2. The van der Waals surface area contributed by atoms with E-state index in [0.717, 1.165) is 22.4 Å². The van der Waals surface area contributed by atoms with Crippen LogP contribution in [0.2, 0.25) is 0 Å². The molecule has 2 aliphatic rings. The summed E-state index contributed by atoms with van der Waals surface area (Å²) in [5, 5.41) is 9.90. The van der Waals surface area contributed by atoms with Gasteiger partial charge in [-0.1, -0.05) is 17.7 Å². The lowest BCUT2D eigenvalue weighted by Gasteiger charge is -2.50. The third-order valence-corrected chi connectivity index (χ3v) is 5.59. The molecule has 0 unspecified atom stereocenters. The van der Waals surface area contributed by atoms with Crippen LogP contribution < -0.4 is 25.4 Å². The highest BCUT2D eigenvalue weighted by molar-refractivity contribution is 7.80. The minimum absolute atomic E-state index is 0.143. The third kappa shape index (κ3) is 3.05.